The van der Waals surface area contributed by atoms with Gasteiger partial charge in [0.05, 0.1) is 0 Å². The third-order valence-corrected chi connectivity index (χ3v) is 4.97. The molecule has 1 aliphatic rings. The number of carbonyl (C=O) groups excluding carboxylic acids is 1. The Bertz CT molecular complexity index is 882. The number of aryl methyl sites for hydroxylation is 1. The molecule has 1 atom stereocenters. The van der Waals surface area contributed by atoms with Crippen molar-refractivity contribution in [2.75, 3.05) is 0 Å². The summed E-state index contributed by atoms with van der Waals surface area (Å²) in [5, 5.41) is 5.18. The number of fused-ring (bicyclic) bond motifs is 3. The predicted molar refractivity (Wildman–Crippen MR) is 97.4 cm³/mol. The average Bonchev–Trinajstić information content (AvgIpc) is 3.11. The minimum absolute atomic E-state index is 0.115. The molecule has 1 heterocycles. The van der Waals surface area contributed by atoms with Crippen LogP contribution >= 0.6 is 11.6 Å². The van der Waals surface area contributed by atoms with Crippen molar-refractivity contribution in [2.45, 2.75) is 31.7 Å². The van der Waals surface area contributed by atoms with E-state index in [1.54, 1.807) is 0 Å². The summed E-state index contributed by atoms with van der Waals surface area (Å²) >= 11 is 5.88. The molecule has 122 valence electrons. The van der Waals surface area contributed by atoms with Crippen molar-refractivity contribution < 1.29 is 4.79 Å². The molecule has 1 unspecified atom stereocenters. The largest absolute Gasteiger partial charge is 0.358 e. The molecule has 24 heavy (non-hydrogen) atoms. The second-order valence-corrected chi connectivity index (χ2v) is 6.86. The van der Waals surface area contributed by atoms with Gasteiger partial charge in [-0.25, -0.2) is 0 Å². The molecule has 0 spiro atoms. The Kier molecular flexibility index (Phi) is 4.03. The number of para-hydroxylation sites is 1. The van der Waals surface area contributed by atoms with Crippen LogP contribution in [0.2, 0.25) is 5.02 Å². The normalized spacial score (nSPS) is 16.3. The first-order chi connectivity index (χ1) is 11.7. The fraction of sp³-hybridized carbons (Fsp3) is 0.250. The molecule has 1 amide bonds. The standard InChI is InChI=1S/C20H19ClN2O/c21-14-8-5-13(6-9-14)7-10-20(24)22-15-11-17-16-3-1-2-4-18(16)23-19(17)12-15/h1-6,8-9,15,23H,7,10-12H2,(H,22,24). The third-order valence-electron chi connectivity index (χ3n) is 4.72. The number of amides is 1. The van der Waals surface area contributed by atoms with Crippen molar-refractivity contribution in [1.82, 2.24) is 10.3 Å². The van der Waals surface area contributed by atoms with E-state index in [2.05, 4.69) is 28.5 Å². The summed E-state index contributed by atoms with van der Waals surface area (Å²) in [6.45, 7) is 0. The van der Waals surface area contributed by atoms with Crippen molar-refractivity contribution in [2.24, 2.45) is 0 Å². The topological polar surface area (TPSA) is 44.9 Å². The highest BCUT2D eigenvalue weighted by atomic mass is 35.5. The Morgan fingerprint density at radius 3 is 2.75 bits per heavy atom. The van der Waals surface area contributed by atoms with Crippen LogP contribution in [0.1, 0.15) is 23.2 Å². The maximum atomic E-state index is 12.2. The highest BCUT2D eigenvalue weighted by Crippen LogP contribution is 2.29. The van der Waals surface area contributed by atoms with E-state index in [-0.39, 0.29) is 11.9 Å². The van der Waals surface area contributed by atoms with E-state index in [1.165, 1.54) is 22.2 Å². The van der Waals surface area contributed by atoms with E-state index < -0.39 is 0 Å². The first-order valence-electron chi connectivity index (χ1n) is 8.31. The van der Waals surface area contributed by atoms with Crippen LogP contribution in [0.3, 0.4) is 0 Å². The van der Waals surface area contributed by atoms with Crippen LogP contribution in [-0.2, 0) is 24.1 Å². The lowest BCUT2D eigenvalue weighted by molar-refractivity contribution is -0.121. The van der Waals surface area contributed by atoms with Crippen LogP contribution in [0, 0.1) is 0 Å². The number of aromatic nitrogens is 1. The summed E-state index contributed by atoms with van der Waals surface area (Å²) in [5.41, 5.74) is 4.94. The number of hydrogen-bond acceptors (Lipinski definition) is 1. The summed E-state index contributed by atoms with van der Waals surface area (Å²) in [5.74, 6) is 0.115. The van der Waals surface area contributed by atoms with Gasteiger partial charge in [-0.15, -0.1) is 0 Å². The van der Waals surface area contributed by atoms with E-state index >= 15 is 0 Å². The van der Waals surface area contributed by atoms with Crippen molar-refractivity contribution in [3.8, 4) is 0 Å². The van der Waals surface area contributed by atoms with Crippen molar-refractivity contribution in [3.63, 3.8) is 0 Å². The Morgan fingerprint density at radius 1 is 1.12 bits per heavy atom. The zero-order valence-corrected chi connectivity index (χ0v) is 14.1. The molecular weight excluding hydrogens is 320 g/mol. The SMILES string of the molecule is O=C(CCc1ccc(Cl)cc1)NC1Cc2[nH]c3ccccc3c2C1. The quantitative estimate of drug-likeness (QED) is 0.741. The second-order valence-electron chi connectivity index (χ2n) is 6.43. The van der Waals surface area contributed by atoms with Gasteiger partial charge in [-0.05, 0) is 42.2 Å². The zero-order valence-electron chi connectivity index (χ0n) is 13.3. The first-order valence-corrected chi connectivity index (χ1v) is 8.69. The van der Waals surface area contributed by atoms with E-state index in [1.807, 2.05) is 30.3 Å². The molecule has 2 N–H and O–H groups in total. The van der Waals surface area contributed by atoms with E-state index in [0.717, 1.165) is 29.8 Å². The fourth-order valence-corrected chi connectivity index (χ4v) is 3.67. The molecule has 0 radical (unpaired) electrons. The third kappa shape index (κ3) is 3.04. The summed E-state index contributed by atoms with van der Waals surface area (Å²) in [7, 11) is 0. The number of aromatic amines is 1. The number of hydrogen-bond donors (Lipinski definition) is 2. The highest BCUT2D eigenvalue weighted by molar-refractivity contribution is 6.30. The molecule has 3 aromatic rings. The van der Waals surface area contributed by atoms with Gasteiger partial charge in [0.15, 0.2) is 0 Å². The Balaban J connectivity index is 1.34. The van der Waals surface area contributed by atoms with E-state index in [9.17, 15) is 4.79 Å². The number of H-pyrrole nitrogens is 1. The van der Waals surface area contributed by atoms with Gasteiger partial charge in [0.2, 0.25) is 5.91 Å². The van der Waals surface area contributed by atoms with Crippen LogP contribution in [0.5, 0.6) is 0 Å². The molecule has 4 heteroatoms. The summed E-state index contributed by atoms with van der Waals surface area (Å²) in [6, 6.07) is 16.2. The van der Waals surface area contributed by atoms with Crippen molar-refractivity contribution in [3.05, 3.63) is 70.4 Å². The summed E-state index contributed by atoms with van der Waals surface area (Å²) in [6.07, 6.45) is 3.04. The minimum Gasteiger partial charge on any atom is -0.358 e. The fourth-order valence-electron chi connectivity index (χ4n) is 3.54. The van der Waals surface area contributed by atoms with Gasteiger partial charge in [-0.3, -0.25) is 4.79 Å². The highest BCUT2D eigenvalue weighted by Gasteiger charge is 2.26. The van der Waals surface area contributed by atoms with Crippen LogP contribution < -0.4 is 5.32 Å². The monoisotopic (exact) mass is 338 g/mol. The van der Waals surface area contributed by atoms with Crippen LogP contribution in [0.15, 0.2) is 48.5 Å². The predicted octanol–water partition coefficient (Wildman–Crippen LogP) is 4.04. The Labute approximate surface area is 146 Å². The zero-order chi connectivity index (χ0) is 16.5. The van der Waals surface area contributed by atoms with Crippen LogP contribution in [0.4, 0.5) is 0 Å². The van der Waals surface area contributed by atoms with Crippen LogP contribution in [-0.4, -0.2) is 16.9 Å². The van der Waals surface area contributed by atoms with Gasteiger partial charge in [-0.2, -0.15) is 0 Å². The number of nitrogens with one attached hydrogen (secondary N) is 2. The van der Waals surface area contributed by atoms with E-state index in [0.29, 0.717) is 6.42 Å². The second kappa shape index (κ2) is 6.33. The van der Waals surface area contributed by atoms with Gasteiger partial charge in [0, 0.05) is 40.5 Å². The molecule has 1 aromatic heterocycles. The van der Waals surface area contributed by atoms with Crippen molar-refractivity contribution >= 4 is 28.4 Å². The minimum atomic E-state index is 0.115. The van der Waals surface area contributed by atoms with Gasteiger partial charge in [0.25, 0.3) is 0 Å². The number of benzene rings is 2. The van der Waals surface area contributed by atoms with Crippen molar-refractivity contribution in [1.29, 1.82) is 0 Å². The molecule has 0 saturated carbocycles. The Morgan fingerprint density at radius 2 is 1.92 bits per heavy atom. The first kappa shape index (κ1) is 15.3. The lowest BCUT2D eigenvalue weighted by atomic mass is 10.1. The maximum absolute atomic E-state index is 12.2. The molecule has 0 aliphatic heterocycles. The summed E-state index contributed by atoms with van der Waals surface area (Å²) in [4.78, 5) is 15.7. The molecule has 1 aliphatic carbocycles. The number of rotatable bonds is 4. The molecule has 0 bridgehead atoms. The lowest BCUT2D eigenvalue weighted by Crippen LogP contribution is -2.35. The molecule has 0 saturated heterocycles. The number of carbonyl (C=O) groups is 1. The van der Waals surface area contributed by atoms with Gasteiger partial charge >= 0.3 is 0 Å². The van der Waals surface area contributed by atoms with Crippen LogP contribution in [0.25, 0.3) is 10.9 Å². The number of halogens is 1. The van der Waals surface area contributed by atoms with E-state index in [4.69, 9.17) is 11.6 Å². The van der Waals surface area contributed by atoms with Gasteiger partial charge in [-0.1, -0.05) is 41.9 Å². The van der Waals surface area contributed by atoms with Gasteiger partial charge in [0.1, 0.15) is 0 Å². The maximum Gasteiger partial charge on any atom is 0.220 e. The molecule has 4 rings (SSSR count). The smallest absolute Gasteiger partial charge is 0.220 e. The molecule has 0 fully saturated rings. The Hall–Kier alpha value is -2.26. The average molecular weight is 339 g/mol. The van der Waals surface area contributed by atoms with Gasteiger partial charge < -0.3 is 10.3 Å². The molecular formula is C20H19ClN2O. The molecule has 3 nitrogen and oxygen atoms in total. The molecule has 2 aromatic carbocycles. The summed E-state index contributed by atoms with van der Waals surface area (Å²) < 4.78 is 0. The lowest BCUT2D eigenvalue weighted by Gasteiger charge is -2.12.